The van der Waals surface area contributed by atoms with Crippen LogP contribution in [-0.2, 0) is 11.2 Å². The van der Waals surface area contributed by atoms with Crippen LogP contribution in [0.2, 0.25) is 0 Å². The molecule has 1 amide bonds. The summed E-state index contributed by atoms with van der Waals surface area (Å²) in [6, 6.07) is 23.4. The number of hydrogen-bond acceptors (Lipinski definition) is 6. The van der Waals surface area contributed by atoms with Crippen molar-refractivity contribution in [2.24, 2.45) is 0 Å². The van der Waals surface area contributed by atoms with E-state index in [1.54, 1.807) is 0 Å². The van der Waals surface area contributed by atoms with E-state index in [4.69, 9.17) is 4.52 Å². The smallest absolute Gasteiger partial charge is 0.230 e. The number of amides is 1. The van der Waals surface area contributed by atoms with Crippen molar-refractivity contribution in [3.05, 3.63) is 95.4 Å². The van der Waals surface area contributed by atoms with Gasteiger partial charge in [-0.05, 0) is 56.2 Å². The molecule has 7 nitrogen and oxygen atoms in total. The maximum absolute atomic E-state index is 12.8. The van der Waals surface area contributed by atoms with Crippen molar-refractivity contribution in [2.75, 3.05) is 10.6 Å². The van der Waals surface area contributed by atoms with E-state index in [1.807, 2.05) is 87.5 Å². The van der Waals surface area contributed by atoms with E-state index in [9.17, 15) is 4.79 Å². The highest BCUT2D eigenvalue weighted by Crippen LogP contribution is 2.26. The van der Waals surface area contributed by atoms with Crippen LogP contribution in [0.15, 0.2) is 77.3 Å². The average Bonchev–Trinajstić information content (AvgIpc) is 3.22. The summed E-state index contributed by atoms with van der Waals surface area (Å²) in [7, 11) is 0. The maximum atomic E-state index is 12.8. The van der Waals surface area contributed by atoms with Gasteiger partial charge in [-0.3, -0.25) is 4.79 Å². The van der Waals surface area contributed by atoms with Crippen molar-refractivity contribution in [1.82, 2.24) is 15.1 Å². The van der Waals surface area contributed by atoms with Crippen molar-refractivity contribution in [2.45, 2.75) is 27.2 Å². The van der Waals surface area contributed by atoms with E-state index >= 15 is 0 Å². The molecule has 0 bridgehead atoms. The van der Waals surface area contributed by atoms with Crippen LogP contribution >= 0.6 is 0 Å². The van der Waals surface area contributed by atoms with Crippen LogP contribution in [0, 0.1) is 20.8 Å². The molecule has 2 N–H and O–H groups in total. The van der Waals surface area contributed by atoms with Gasteiger partial charge in [0.2, 0.25) is 5.91 Å². The fourth-order valence-electron chi connectivity index (χ4n) is 4.21. The molecular weight excluding hydrogens is 438 g/mol. The summed E-state index contributed by atoms with van der Waals surface area (Å²) in [5.74, 6) is 1.19. The predicted octanol–water partition coefficient (Wildman–Crippen LogP) is 6.13. The van der Waals surface area contributed by atoms with Gasteiger partial charge < -0.3 is 15.2 Å². The van der Waals surface area contributed by atoms with E-state index in [2.05, 4.69) is 31.8 Å². The fraction of sp³-hybridized carbons (Fsp3) is 0.143. The summed E-state index contributed by atoms with van der Waals surface area (Å²) in [6.45, 7) is 5.87. The van der Waals surface area contributed by atoms with Crippen molar-refractivity contribution in [1.29, 1.82) is 0 Å². The minimum Gasteiger partial charge on any atom is -0.356 e. The first-order chi connectivity index (χ1) is 16.9. The van der Waals surface area contributed by atoms with Crippen molar-refractivity contribution in [3.8, 4) is 11.3 Å². The Kier molecular flexibility index (Phi) is 5.97. The van der Waals surface area contributed by atoms with Gasteiger partial charge in [0.05, 0.1) is 12.1 Å². The third-order valence-electron chi connectivity index (χ3n) is 5.64. The molecule has 2 heterocycles. The number of nitrogens with one attached hydrogen (secondary N) is 2. The summed E-state index contributed by atoms with van der Waals surface area (Å²) >= 11 is 0. The van der Waals surface area contributed by atoms with Gasteiger partial charge in [-0.1, -0.05) is 47.6 Å². The Morgan fingerprint density at radius 2 is 1.69 bits per heavy atom. The molecule has 3 aromatic carbocycles. The van der Waals surface area contributed by atoms with E-state index in [1.165, 1.54) is 0 Å². The lowest BCUT2D eigenvalue weighted by molar-refractivity contribution is -0.115. The largest absolute Gasteiger partial charge is 0.356 e. The van der Waals surface area contributed by atoms with E-state index < -0.39 is 0 Å². The number of rotatable bonds is 6. The molecule has 174 valence electrons. The molecule has 35 heavy (non-hydrogen) atoms. The van der Waals surface area contributed by atoms with Crippen molar-refractivity contribution < 1.29 is 9.32 Å². The first kappa shape index (κ1) is 22.3. The Morgan fingerprint density at radius 1 is 0.886 bits per heavy atom. The maximum Gasteiger partial charge on any atom is 0.230 e. The van der Waals surface area contributed by atoms with Crippen LogP contribution in [-0.4, -0.2) is 21.0 Å². The van der Waals surface area contributed by atoms with Crippen LogP contribution in [0.5, 0.6) is 0 Å². The van der Waals surface area contributed by atoms with Gasteiger partial charge in [0.25, 0.3) is 0 Å². The molecule has 0 saturated heterocycles. The molecule has 5 rings (SSSR count). The van der Waals surface area contributed by atoms with Gasteiger partial charge in [-0.15, -0.1) is 0 Å². The molecule has 0 aliphatic rings. The topological polar surface area (TPSA) is 92.9 Å². The van der Waals surface area contributed by atoms with Crippen LogP contribution < -0.4 is 10.6 Å². The van der Waals surface area contributed by atoms with Gasteiger partial charge in [0.15, 0.2) is 5.58 Å². The Hall–Kier alpha value is -4.52. The minimum absolute atomic E-state index is 0.125. The zero-order valence-electron chi connectivity index (χ0n) is 19.8. The normalized spacial score (nSPS) is 10.9. The van der Waals surface area contributed by atoms with Gasteiger partial charge >= 0.3 is 0 Å². The third-order valence-corrected chi connectivity index (χ3v) is 5.64. The van der Waals surface area contributed by atoms with Gasteiger partial charge in [-0.2, -0.15) is 0 Å². The quantitative estimate of drug-likeness (QED) is 0.314. The van der Waals surface area contributed by atoms with Crippen LogP contribution in [0.3, 0.4) is 0 Å². The molecule has 0 fully saturated rings. The fourth-order valence-corrected chi connectivity index (χ4v) is 4.21. The lowest BCUT2D eigenvalue weighted by Gasteiger charge is -2.11. The van der Waals surface area contributed by atoms with Gasteiger partial charge in [0, 0.05) is 28.4 Å². The van der Waals surface area contributed by atoms with Gasteiger partial charge in [0.1, 0.15) is 17.3 Å². The molecule has 2 aromatic heterocycles. The second-order valence-electron chi connectivity index (χ2n) is 8.57. The van der Waals surface area contributed by atoms with Crippen molar-refractivity contribution >= 4 is 34.1 Å². The first-order valence-electron chi connectivity index (χ1n) is 11.4. The summed E-state index contributed by atoms with van der Waals surface area (Å²) in [5, 5.41) is 11.3. The second-order valence-corrected chi connectivity index (χ2v) is 8.57. The number of aryl methyl sites for hydroxylation is 3. The molecule has 0 atom stereocenters. The SMILES string of the molecule is Cc1cc(C)c2c(CC(=O)Nc3cccc(Nc4cc(-c5ccccc5)nc(C)n4)c3)noc2c1. The highest BCUT2D eigenvalue weighted by molar-refractivity contribution is 5.95. The number of anilines is 3. The standard InChI is InChI=1S/C28H25N5O2/c1-17-12-18(2)28-24(33-35-25(28)13-17)16-27(34)32-22-11-7-10-21(14-22)31-26-15-23(29-19(3)30-26)20-8-5-4-6-9-20/h4-15H,16H2,1-3H3,(H,32,34)(H,29,30,31). The molecule has 7 heteroatoms. The Balaban J connectivity index is 1.31. The summed E-state index contributed by atoms with van der Waals surface area (Å²) < 4.78 is 5.45. The van der Waals surface area contributed by atoms with Crippen LogP contribution in [0.25, 0.3) is 22.2 Å². The predicted molar refractivity (Wildman–Crippen MR) is 138 cm³/mol. The summed E-state index contributed by atoms with van der Waals surface area (Å²) in [4.78, 5) is 21.8. The first-order valence-corrected chi connectivity index (χ1v) is 11.4. The molecule has 0 aliphatic carbocycles. The Labute approximate surface area is 203 Å². The zero-order chi connectivity index (χ0) is 24.4. The van der Waals surface area contributed by atoms with Crippen LogP contribution in [0.1, 0.15) is 22.6 Å². The monoisotopic (exact) mass is 463 g/mol. The highest BCUT2D eigenvalue weighted by Gasteiger charge is 2.15. The number of hydrogen-bond donors (Lipinski definition) is 2. The lowest BCUT2D eigenvalue weighted by atomic mass is 10.0. The summed E-state index contributed by atoms with van der Waals surface area (Å²) in [6.07, 6.45) is 0.125. The average molecular weight is 464 g/mol. The zero-order valence-corrected chi connectivity index (χ0v) is 19.8. The number of aromatic nitrogens is 3. The number of benzene rings is 3. The van der Waals surface area contributed by atoms with Crippen LogP contribution in [0.4, 0.5) is 17.2 Å². The van der Waals surface area contributed by atoms with Crippen molar-refractivity contribution in [3.63, 3.8) is 0 Å². The number of fused-ring (bicyclic) bond motifs is 1. The number of nitrogens with zero attached hydrogens (tertiary/aromatic N) is 3. The molecule has 0 unspecified atom stereocenters. The minimum atomic E-state index is -0.165. The lowest BCUT2D eigenvalue weighted by Crippen LogP contribution is -2.15. The molecule has 0 saturated carbocycles. The third kappa shape index (κ3) is 5.04. The molecule has 0 radical (unpaired) electrons. The van der Waals surface area contributed by atoms with E-state index in [0.29, 0.717) is 28.6 Å². The van der Waals surface area contributed by atoms with E-state index in [0.717, 1.165) is 33.5 Å². The highest BCUT2D eigenvalue weighted by atomic mass is 16.5. The number of carbonyl (C=O) groups is 1. The molecule has 0 spiro atoms. The van der Waals surface area contributed by atoms with E-state index in [-0.39, 0.29) is 12.3 Å². The molecule has 5 aromatic rings. The summed E-state index contributed by atoms with van der Waals surface area (Å²) in [5.41, 5.74) is 6.82. The second kappa shape index (κ2) is 9.38. The Morgan fingerprint density at radius 3 is 2.51 bits per heavy atom. The molecule has 0 aliphatic heterocycles. The number of carbonyl (C=O) groups excluding carboxylic acids is 1. The Bertz CT molecular complexity index is 1530. The van der Waals surface area contributed by atoms with Gasteiger partial charge in [-0.25, -0.2) is 9.97 Å². The molecular formula is C28H25N5O2.